The lowest BCUT2D eigenvalue weighted by atomic mass is 9.78. The molecule has 0 saturated carbocycles. The van der Waals surface area contributed by atoms with Crippen molar-refractivity contribution in [1.29, 1.82) is 0 Å². The van der Waals surface area contributed by atoms with Gasteiger partial charge in [-0.2, -0.15) is 0 Å². The standard InChI is InChI=1S/C25H27FN4/c26-20-10-8-18(9-11-20)23-16-19-17-28-25(27-12-5-15-30-13-3-4-14-30)29-24(19)22-7-2-1-6-21(22)23/h1-2,6-11,17,23H,3-5,12-16H2,(H,27,28,29). The van der Waals surface area contributed by atoms with Gasteiger partial charge in [-0.05, 0) is 74.1 Å². The van der Waals surface area contributed by atoms with Gasteiger partial charge in [0.1, 0.15) is 5.82 Å². The maximum atomic E-state index is 13.4. The summed E-state index contributed by atoms with van der Waals surface area (Å²) in [6.45, 7) is 4.50. The average Bonchev–Trinajstić information content (AvgIpc) is 3.30. The molecule has 0 bridgehead atoms. The van der Waals surface area contributed by atoms with Gasteiger partial charge in [-0.15, -0.1) is 0 Å². The molecule has 2 aliphatic rings. The highest BCUT2D eigenvalue weighted by atomic mass is 19.1. The zero-order chi connectivity index (χ0) is 20.3. The van der Waals surface area contributed by atoms with Crippen molar-refractivity contribution in [3.63, 3.8) is 0 Å². The van der Waals surface area contributed by atoms with E-state index in [1.165, 1.54) is 31.5 Å². The van der Waals surface area contributed by atoms with Gasteiger partial charge in [0.05, 0.1) is 5.69 Å². The molecule has 5 heteroatoms. The van der Waals surface area contributed by atoms with Gasteiger partial charge in [0.15, 0.2) is 0 Å². The van der Waals surface area contributed by atoms with Gasteiger partial charge >= 0.3 is 0 Å². The van der Waals surface area contributed by atoms with Crippen LogP contribution in [0.4, 0.5) is 10.3 Å². The molecule has 1 saturated heterocycles. The summed E-state index contributed by atoms with van der Waals surface area (Å²) in [4.78, 5) is 12.0. The molecule has 2 heterocycles. The third-order valence-corrected chi connectivity index (χ3v) is 6.29. The van der Waals surface area contributed by atoms with Crippen molar-refractivity contribution in [3.05, 3.63) is 77.2 Å². The summed E-state index contributed by atoms with van der Waals surface area (Å²) in [5.74, 6) is 0.689. The Kier molecular flexibility index (Phi) is 5.45. The van der Waals surface area contributed by atoms with Crippen LogP contribution in [0.3, 0.4) is 0 Å². The van der Waals surface area contributed by atoms with E-state index in [0.717, 1.165) is 48.3 Å². The summed E-state index contributed by atoms with van der Waals surface area (Å²) in [6.07, 6.45) is 6.55. The third kappa shape index (κ3) is 3.94. The Labute approximate surface area is 177 Å². The zero-order valence-corrected chi connectivity index (χ0v) is 17.1. The van der Waals surface area contributed by atoms with Gasteiger partial charge in [0, 0.05) is 24.2 Å². The van der Waals surface area contributed by atoms with Crippen LogP contribution in [0.5, 0.6) is 0 Å². The summed E-state index contributed by atoms with van der Waals surface area (Å²) >= 11 is 0. The van der Waals surface area contributed by atoms with Crippen LogP contribution in [0, 0.1) is 5.82 Å². The molecule has 1 atom stereocenters. The number of nitrogens with one attached hydrogen (secondary N) is 1. The SMILES string of the molecule is Fc1ccc(C2Cc3cnc(NCCCN4CCCC4)nc3-c3ccccc32)cc1. The van der Waals surface area contributed by atoms with E-state index in [9.17, 15) is 4.39 Å². The fraction of sp³-hybridized carbons (Fsp3) is 0.360. The van der Waals surface area contributed by atoms with E-state index in [4.69, 9.17) is 4.98 Å². The smallest absolute Gasteiger partial charge is 0.223 e. The van der Waals surface area contributed by atoms with Crippen molar-refractivity contribution >= 4 is 5.95 Å². The van der Waals surface area contributed by atoms with E-state index >= 15 is 0 Å². The van der Waals surface area contributed by atoms with Crippen LogP contribution in [0.25, 0.3) is 11.3 Å². The second kappa shape index (κ2) is 8.52. The molecule has 5 rings (SSSR count). The Morgan fingerprint density at radius 1 is 1.03 bits per heavy atom. The van der Waals surface area contributed by atoms with Gasteiger partial charge in [-0.25, -0.2) is 14.4 Å². The van der Waals surface area contributed by atoms with E-state index in [0.29, 0.717) is 5.95 Å². The highest BCUT2D eigenvalue weighted by Crippen LogP contribution is 2.41. The fourth-order valence-electron chi connectivity index (χ4n) is 4.72. The number of anilines is 1. The molecule has 1 N–H and O–H groups in total. The molecule has 0 radical (unpaired) electrons. The van der Waals surface area contributed by atoms with Crippen LogP contribution < -0.4 is 5.32 Å². The zero-order valence-electron chi connectivity index (χ0n) is 17.1. The number of rotatable bonds is 6. The maximum absolute atomic E-state index is 13.4. The van der Waals surface area contributed by atoms with Crippen LogP contribution >= 0.6 is 0 Å². The Morgan fingerprint density at radius 2 is 1.83 bits per heavy atom. The lowest BCUT2D eigenvalue weighted by molar-refractivity contribution is 0.337. The van der Waals surface area contributed by atoms with Crippen LogP contribution in [0.1, 0.15) is 41.9 Å². The first kappa shape index (κ1) is 19.2. The summed E-state index contributed by atoms with van der Waals surface area (Å²) in [5, 5.41) is 3.41. The Balaban J connectivity index is 1.35. The van der Waals surface area contributed by atoms with Crippen molar-refractivity contribution < 1.29 is 4.39 Å². The van der Waals surface area contributed by atoms with Gasteiger partial charge in [-0.3, -0.25) is 0 Å². The minimum Gasteiger partial charge on any atom is -0.354 e. The van der Waals surface area contributed by atoms with Crippen LogP contribution in [-0.2, 0) is 6.42 Å². The summed E-state index contributed by atoms with van der Waals surface area (Å²) in [5.41, 5.74) is 5.68. The number of hydrogen-bond donors (Lipinski definition) is 1. The molecule has 1 unspecified atom stereocenters. The van der Waals surface area contributed by atoms with Crippen molar-refractivity contribution in [2.45, 2.75) is 31.6 Å². The van der Waals surface area contributed by atoms with Gasteiger partial charge < -0.3 is 10.2 Å². The van der Waals surface area contributed by atoms with Gasteiger partial charge in [0.25, 0.3) is 0 Å². The Morgan fingerprint density at radius 3 is 2.67 bits per heavy atom. The number of hydrogen-bond acceptors (Lipinski definition) is 4. The first-order valence-corrected chi connectivity index (χ1v) is 10.9. The van der Waals surface area contributed by atoms with Crippen LogP contribution in [-0.4, -0.2) is 41.0 Å². The lowest BCUT2D eigenvalue weighted by Crippen LogP contribution is -2.22. The van der Waals surface area contributed by atoms with Crippen molar-refractivity contribution in [1.82, 2.24) is 14.9 Å². The molecular formula is C25H27FN4. The normalized spacial score (nSPS) is 18.1. The quantitative estimate of drug-likeness (QED) is 0.598. The molecule has 1 fully saturated rings. The Hall–Kier alpha value is -2.79. The van der Waals surface area contributed by atoms with Crippen molar-refractivity contribution in [2.75, 3.05) is 31.5 Å². The largest absolute Gasteiger partial charge is 0.354 e. The Bertz CT molecular complexity index is 1010. The minimum atomic E-state index is -0.202. The van der Waals surface area contributed by atoms with Crippen molar-refractivity contribution in [3.8, 4) is 11.3 Å². The molecule has 1 aliphatic heterocycles. The number of aromatic nitrogens is 2. The van der Waals surface area contributed by atoms with Crippen molar-refractivity contribution in [2.24, 2.45) is 0 Å². The second-order valence-corrected chi connectivity index (χ2v) is 8.29. The number of benzene rings is 2. The highest BCUT2D eigenvalue weighted by molar-refractivity contribution is 5.72. The minimum absolute atomic E-state index is 0.192. The number of nitrogens with zero attached hydrogens (tertiary/aromatic N) is 3. The van der Waals surface area contributed by atoms with Crippen LogP contribution in [0.15, 0.2) is 54.7 Å². The third-order valence-electron chi connectivity index (χ3n) is 6.29. The first-order chi connectivity index (χ1) is 14.8. The molecule has 1 aromatic heterocycles. The molecule has 3 aromatic rings. The van der Waals surface area contributed by atoms with Crippen LogP contribution in [0.2, 0.25) is 0 Å². The van der Waals surface area contributed by atoms with Gasteiger partial charge in [-0.1, -0.05) is 36.4 Å². The van der Waals surface area contributed by atoms with E-state index in [1.807, 2.05) is 18.3 Å². The van der Waals surface area contributed by atoms with E-state index in [2.05, 4.69) is 39.5 Å². The molecule has 0 amide bonds. The lowest BCUT2D eigenvalue weighted by Gasteiger charge is -2.27. The monoisotopic (exact) mass is 402 g/mol. The summed E-state index contributed by atoms with van der Waals surface area (Å²) < 4.78 is 13.4. The molecule has 154 valence electrons. The highest BCUT2D eigenvalue weighted by Gasteiger charge is 2.27. The number of halogens is 1. The van der Waals surface area contributed by atoms with E-state index < -0.39 is 0 Å². The van der Waals surface area contributed by atoms with Gasteiger partial charge in [0.2, 0.25) is 5.95 Å². The molecule has 1 aliphatic carbocycles. The fourth-order valence-corrected chi connectivity index (χ4v) is 4.72. The maximum Gasteiger partial charge on any atom is 0.223 e. The molecule has 0 spiro atoms. The molecular weight excluding hydrogens is 375 g/mol. The molecule has 2 aromatic carbocycles. The number of likely N-dealkylation sites (tertiary alicyclic amines) is 1. The topological polar surface area (TPSA) is 41.1 Å². The summed E-state index contributed by atoms with van der Waals surface area (Å²) in [7, 11) is 0. The molecule has 4 nitrogen and oxygen atoms in total. The summed E-state index contributed by atoms with van der Waals surface area (Å²) in [6, 6.07) is 15.3. The first-order valence-electron chi connectivity index (χ1n) is 10.9. The number of fused-ring (bicyclic) bond motifs is 3. The average molecular weight is 403 g/mol. The van der Waals surface area contributed by atoms with E-state index in [-0.39, 0.29) is 11.7 Å². The predicted molar refractivity (Wildman–Crippen MR) is 118 cm³/mol. The second-order valence-electron chi connectivity index (χ2n) is 8.29. The predicted octanol–water partition coefficient (Wildman–Crippen LogP) is 4.87. The van der Waals surface area contributed by atoms with E-state index in [1.54, 1.807) is 12.1 Å². The molecule has 30 heavy (non-hydrogen) atoms.